The van der Waals surface area contributed by atoms with Crippen molar-refractivity contribution in [1.82, 2.24) is 15.5 Å². The molecule has 0 radical (unpaired) electrons. The lowest BCUT2D eigenvalue weighted by Crippen LogP contribution is -2.24. The highest BCUT2D eigenvalue weighted by Gasteiger charge is 2.31. The Morgan fingerprint density at radius 3 is 1.42 bits per heavy atom. The molecule has 0 aromatic heterocycles. The molecule has 0 unspecified atom stereocenters. The van der Waals surface area contributed by atoms with Gasteiger partial charge in [-0.15, -0.1) is 11.8 Å². The van der Waals surface area contributed by atoms with Crippen LogP contribution in [0.5, 0.6) is 0 Å². The molecule has 0 saturated carbocycles. The summed E-state index contributed by atoms with van der Waals surface area (Å²) in [5.41, 5.74) is 3.02. The van der Waals surface area contributed by atoms with Crippen molar-refractivity contribution in [3.63, 3.8) is 0 Å². The van der Waals surface area contributed by atoms with E-state index in [1.807, 2.05) is 34.9 Å². The van der Waals surface area contributed by atoms with Crippen LogP contribution in [0.2, 0.25) is 0 Å². The number of rotatable bonds is 0. The topological polar surface area (TPSA) is 78.5 Å². The largest absolute Gasteiger partial charge is 0.356 e. The van der Waals surface area contributed by atoms with Gasteiger partial charge in [0.25, 0.3) is 5.91 Å². The van der Waals surface area contributed by atoms with Crippen molar-refractivity contribution in [2.75, 3.05) is 25.4 Å². The van der Waals surface area contributed by atoms with Crippen molar-refractivity contribution in [2.45, 2.75) is 167 Å². The number of nitrogens with one attached hydrogen (secondary N) is 2. The molecule has 0 atom stereocenters. The second-order valence-electron chi connectivity index (χ2n) is 14.1. The van der Waals surface area contributed by atoms with Gasteiger partial charge in [-0.05, 0) is 55.8 Å². The second kappa shape index (κ2) is 26.6. The summed E-state index contributed by atoms with van der Waals surface area (Å²) in [6.45, 7) is 2.42. The highest BCUT2D eigenvalue weighted by atomic mass is 32.2. The number of nitrogens with zero attached hydrogens (tertiary/aromatic N) is 1. The molecule has 0 fully saturated rings. The molecule has 7 heteroatoms. The van der Waals surface area contributed by atoms with Crippen molar-refractivity contribution in [1.29, 1.82) is 0 Å². The Labute approximate surface area is 297 Å². The standard InChI is InChI=1S/C41H67N3O3S/c45-39-29-19-13-7-1-3-9-15-23-31-42-40(46)30-20-14-8-2-5-11-17-25-33-44-38(36-27-21-22-28-37(36)41(44)47)35-48-34-26-18-12-6-4-10-16-24-32-43-39/h21-22,27-28,35H,1-20,23-26,29-34H2,(H,42,46)(H,43,45)/b38-35-. The summed E-state index contributed by atoms with van der Waals surface area (Å²) < 4.78 is 0. The molecule has 1 aromatic carbocycles. The van der Waals surface area contributed by atoms with Crippen LogP contribution in [0.25, 0.3) is 5.70 Å². The maximum absolute atomic E-state index is 13.2. The molecule has 2 N–H and O–H groups in total. The zero-order valence-electron chi connectivity index (χ0n) is 30.2. The van der Waals surface area contributed by atoms with Gasteiger partial charge >= 0.3 is 0 Å². The lowest BCUT2D eigenvalue weighted by Gasteiger charge is -2.18. The average Bonchev–Trinajstić information content (AvgIpc) is 3.36. The molecule has 2 aliphatic heterocycles. The predicted molar refractivity (Wildman–Crippen MR) is 204 cm³/mol. The van der Waals surface area contributed by atoms with Crippen molar-refractivity contribution in [3.8, 4) is 0 Å². The molecule has 0 aliphatic carbocycles. The van der Waals surface area contributed by atoms with Crippen LogP contribution in [0.15, 0.2) is 29.7 Å². The van der Waals surface area contributed by atoms with Crippen molar-refractivity contribution in [2.24, 2.45) is 0 Å². The first-order chi connectivity index (χ1) is 23.7. The zero-order chi connectivity index (χ0) is 33.9. The molecule has 2 heterocycles. The van der Waals surface area contributed by atoms with E-state index in [0.717, 1.165) is 93.6 Å². The van der Waals surface area contributed by atoms with Gasteiger partial charge < -0.3 is 15.5 Å². The van der Waals surface area contributed by atoms with Crippen LogP contribution in [-0.4, -0.2) is 48.0 Å². The summed E-state index contributed by atoms with van der Waals surface area (Å²) in [7, 11) is 0. The normalized spacial score (nSPS) is 22.9. The molecule has 3 rings (SSSR count). The summed E-state index contributed by atoms with van der Waals surface area (Å²) in [5.74, 6) is 1.68. The lowest BCUT2D eigenvalue weighted by molar-refractivity contribution is -0.122. The number of carbonyl (C=O) groups is 3. The molecule has 0 bridgehead atoms. The summed E-state index contributed by atoms with van der Waals surface area (Å²) in [5, 5.41) is 8.46. The molecule has 0 spiro atoms. The second-order valence-corrected chi connectivity index (χ2v) is 15.0. The Balaban J connectivity index is 1.36. The monoisotopic (exact) mass is 681 g/mol. The number of thioether (sulfide) groups is 1. The molecular weight excluding hydrogens is 615 g/mol. The van der Waals surface area contributed by atoms with E-state index in [-0.39, 0.29) is 17.7 Å². The van der Waals surface area contributed by atoms with Gasteiger partial charge in [-0.1, -0.05) is 134 Å². The van der Waals surface area contributed by atoms with E-state index in [0.29, 0.717) is 12.8 Å². The fourth-order valence-corrected chi connectivity index (χ4v) is 7.77. The maximum atomic E-state index is 13.2. The van der Waals surface area contributed by atoms with Crippen LogP contribution in [0.4, 0.5) is 0 Å². The van der Waals surface area contributed by atoms with E-state index >= 15 is 0 Å². The van der Waals surface area contributed by atoms with E-state index < -0.39 is 0 Å². The van der Waals surface area contributed by atoms with Gasteiger partial charge in [0.15, 0.2) is 0 Å². The summed E-state index contributed by atoms with van der Waals surface area (Å²) in [6, 6.07) is 8.08. The Morgan fingerprint density at radius 1 is 0.479 bits per heavy atom. The third kappa shape index (κ3) is 17.4. The maximum Gasteiger partial charge on any atom is 0.258 e. The van der Waals surface area contributed by atoms with Crippen LogP contribution >= 0.6 is 11.8 Å². The SMILES string of the molecule is O=C1CCCCCCCCCCNC(=O)CCCCCCCCCCN2C(=O)c3ccccc3/C2=C/SCCCCCCCCCCN1. The molecule has 0 saturated heterocycles. The number of amides is 3. The average molecular weight is 682 g/mol. The summed E-state index contributed by atoms with van der Waals surface area (Å²) in [4.78, 5) is 39.6. The van der Waals surface area contributed by atoms with Crippen molar-refractivity contribution < 1.29 is 14.4 Å². The number of benzene rings is 1. The third-order valence-corrected chi connectivity index (χ3v) is 10.8. The van der Waals surface area contributed by atoms with Crippen LogP contribution in [0, 0.1) is 0 Å². The van der Waals surface area contributed by atoms with Gasteiger partial charge in [0.05, 0.1) is 5.70 Å². The van der Waals surface area contributed by atoms with E-state index in [4.69, 9.17) is 0 Å². The third-order valence-electron chi connectivity index (χ3n) is 9.86. The van der Waals surface area contributed by atoms with Gasteiger partial charge in [0.1, 0.15) is 0 Å². The van der Waals surface area contributed by atoms with Gasteiger partial charge in [-0.3, -0.25) is 14.4 Å². The van der Waals surface area contributed by atoms with Crippen LogP contribution < -0.4 is 10.6 Å². The first kappa shape index (κ1) is 40.2. The molecule has 3 amide bonds. The molecule has 6 nitrogen and oxygen atoms in total. The van der Waals surface area contributed by atoms with Crippen LogP contribution in [-0.2, 0) is 9.59 Å². The Hall–Kier alpha value is -2.28. The minimum absolute atomic E-state index is 0.156. The first-order valence-corrected chi connectivity index (χ1v) is 21.0. The fourth-order valence-electron chi connectivity index (χ4n) is 6.87. The van der Waals surface area contributed by atoms with Gasteiger partial charge in [0.2, 0.25) is 11.8 Å². The zero-order valence-corrected chi connectivity index (χ0v) is 31.0. The van der Waals surface area contributed by atoms with E-state index in [9.17, 15) is 14.4 Å². The number of carbonyl (C=O) groups excluding carboxylic acids is 3. The number of hydrogen-bond acceptors (Lipinski definition) is 4. The highest BCUT2D eigenvalue weighted by molar-refractivity contribution is 8.02. The van der Waals surface area contributed by atoms with Crippen LogP contribution in [0.3, 0.4) is 0 Å². The quantitative estimate of drug-likeness (QED) is 0.286. The molecule has 270 valence electrons. The highest BCUT2D eigenvalue weighted by Crippen LogP contribution is 2.34. The minimum atomic E-state index is 0.156. The summed E-state index contributed by atoms with van der Waals surface area (Å²) in [6.07, 6.45) is 29.7. The molecular formula is C41H67N3O3S. The molecule has 48 heavy (non-hydrogen) atoms. The Kier molecular flexibility index (Phi) is 22.2. The minimum Gasteiger partial charge on any atom is -0.356 e. The predicted octanol–water partition coefficient (Wildman–Crippen LogP) is 10.6. The van der Waals surface area contributed by atoms with Crippen molar-refractivity contribution >= 4 is 35.2 Å². The Bertz CT molecular complexity index is 1070. The molecule has 1 aromatic rings. The smallest absolute Gasteiger partial charge is 0.258 e. The molecule has 2 aliphatic rings. The van der Waals surface area contributed by atoms with Crippen molar-refractivity contribution in [3.05, 3.63) is 40.8 Å². The van der Waals surface area contributed by atoms with E-state index in [1.54, 1.807) is 0 Å². The van der Waals surface area contributed by atoms with Crippen LogP contribution in [0.1, 0.15) is 183 Å². The first-order valence-electron chi connectivity index (χ1n) is 19.9. The van der Waals surface area contributed by atoms with E-state index in [2.05, 4.69) is 22.1 Å². The summed E-state index contributed by atoms with van der Waals surface area (Å²) >= 11 is 1.86. The van der Waals surface area contributed by atoms with Gasteiger partial charge in [-0.2, -0.15) is 0 Å². The van der Waals surface area contributed by atoms with E-state index in [1.165, 1.54) is 103 Å². The van der Waals surface area contributed by atoms with Gasteiger partial charge in [0, 0.05) is 43.6 Å². The Morgan fingerprint density at radius 2 is 0.896 bits per heavy atom. The number of hydrogen-bond donors (Lipinski definition) is 2. The lowest BCUT2D eigenvalue weighted by atomic mass is 10.1. The number of fused-ring (bicyclic) bond motifs is 3. The fraction of sp³-hybridized carbons (Fsp3) is 0.732. The van der Waals surface area contributed by atoms with Gasteiger partial charge in [-0.25, -0.2) is 0 Å².